The van der Waals surface area contributed by atoms with Crippen molar-refractivity contribution in [1.29, 1.82) is 0 Å². The summed E-state index contributed by atoms with van der Waals surface area (Å²) in [5, 5.41) is 0. The minimum atomic E-state index is 0.758. The number of benzene rings is 1. The van der Waals surface area contributed by atoms with Crippen LogP contribution in [0.15, 0.2) is 24.3 Å². The van der Waals surface area contributed by atoms with Gasteiger partial charge in [0.25, 0.3) is 0 Å². The number of hydrogen-bond acceptors (Lipinski definition) is 0. The van der Waals surface area contributed by atoms with E-state index in [4.69, 9.17) is 0 Å². The molecule has 0 aromatic heterocycles. The van der Waals surface area contributed by atoms with Crippen LogP contribution in [0.5, 0.6) is 0 Å². The molecule has 0 nitrogen and oxygen atoms in total. The maximum atomic E-state index is 2.38. The molecule has 70 valence electrons. The molecule has 2 atom stereocenters. The molecule has 0 bridgehead atoms. The zero-order chi connectivity index (χ0) is 9.26. The van der Waals surface area contributed by atoms with E-state index in [1.807, 2.05) is 0 Å². The van der Waals surface area contributed by atoms with Crippen LogP contribution < -0.4 is 0 Å². The minimum absolute atomic E-state index is 0.758. The summed E-state index contributed by atoms with van der Waals surface area (Å²) in [4.78, 5) is 0. The summed E-state index contributed by atoms with van der Waals surface area (Å²) in [6.07, 6.45) is 4.00. The first-order chi connectivity index (χ1) is 6.27. The molecule has 0 spiro atoms. The lowest BCUT2D eigenvalue weighted by atomic mass is 9.92. The first-order valence-electron chi connectivity index (χ1n) is 5.35. The highest BCUT2D eigenvalue weighted by molar-refractivity contribution is 5.31. The van der Waals surface area contributed by atoms with Gasteiger partial charge in [-0.25, -0.2) is 0 Å². The molecule has 0 radical (unpaired) electrons. The highest BCUT2D eigenvalue weighted by Crippen LogP contribution is 2.32. The predicted molar refractivity (Wildman–Crippen MR) is 57.0 cm³/mol. The highest BCUT2D eigenvalue weighted by atomic mass is 14.2. The van der Waals surface area contributed by atoms with Gasteiger partial charge < -0.3 is 0 Å². The molecule has 1 aliphatic carbocycles. The van der Waals surface area contributed by atoms with Crippen LogP contribution in [0.25, 0.3) is 0 Å². The Labute approximate surface area is 81.0 Å². The summed E-state index contributed by atoms with van der Waals surface area (Å²) in [6.45, 7) is 4.74. The van der Waals surface area contributed by atoms with E-state index in [2.05, 4.69) is 38.1 Å². The van der Waals surface area contributed by atoms with Crippen molar-refractivity contribution >= 4 is 0 Å². The molecule has 1 aliphatic rings. The zero-order valence-electron chi connectivity index (χ0n) is 8.59. The molecule has 0 heteroatoms. The second-order valence-electron chi connectivity index (χ2n) is 4.48. The monoisotopic (exact) mass is 174 g/mol. The van der Waals surface area contributed by atoms with E-state index in [0.29, 0.717) is 0 Å². The molecule has 0 saturated carbocycles. The smallest absolute Gasteiger partial charge is 0.0185 e. The molecule has 0 heterocycles. The fourth-order valence-electron chi connectivity index (χ4n) is 2.49. The van der Waals surface area contributed by atoms with Crippen molar-refractivity contribution in [3.05, 3.63) is 35.4 Å². The molecular formula is C13H18. The fraction of sp³-hybridized carbons (Fsp3) is 0.538. The van der Waals surface area contributed by atoms with Crippen molar-refractivity contribution in [3.63, 3.8) is 0 Å². The van der Waals surface area contributed by atoms with Crippen molar-refractivity contribution < 1.29 is 0 Å². The van der Waals surface area contributed by atoms with Crippen molar-refractivity contribution in [1.82, 2.24) is 0 Å². The number of rotatable bonds is 0. The van der Waals surface area contributed by atoms with E-state index in [1.165, 1.54) is 19.3 Å². The van der Waals surface area contributed by atoms with Gasteiger partial charge in [-0.05, 0) is 42.2 Å². The molecular weight excluding hydrogens is 156 g/mol. The molecule has 0 N–H and O–H groups in total. The van der Waals surface area contributed by atoms with E-state index in [9.17, 15) is 0 Å². The molecule has 0 aliphatic heterocycles. The third-order valence-electron chi connectivity index (χ3n) is 3.25. The summed E-state index contributed by atoms with van der Waals surface area (Å²) >= 11 is 0. The molecule has 13 heavy (non-hydrogen) atoms. The van der Waals surface area contributed by atoms with Crippen molar-refractivity contribution in [2.24, 2.45) is 5.92 Å². The van der Waals surface area contributed by atoms with Crippen LogP contribution in [0.4, 0.5) is 0 Å². The Balaban J connectivity index is 2.35. The van der Waals surface area contributed by atoms with Gasteiger partial charge in [-0.3, -0.25) is 0 Å². The maximum Gasteiger partial charge on any atom is -0.0185 e. The normalized spacial score (nSPS) is 27.8. The summed E-state index contributed by atoms with van der Waals surface area (Å²) in [5.74, 6) is 1.65. The molecule has 0 amide bonds. The van der Waals surface area contributed by atoms with Gasteiger partial charge in [-0.2, -0.15) is 0 Å². The molecule has 2 rings (SSSR count). The zero-order valence-corrected chi connectivity index (χ0v) is 8.59. The molecule has 0 fully saturated rings. The molecule has 1 aromatic rings. The molecule has 1 aromatic carbocycles. The third kappa shape index (κ3) is 1.77. The average molecular weight is 174 g/mol. The highest BCUT2D eigenvalue weighted by Gasteiger charge is 2.17. The van der Waals surface area contributed by atoms with Gasteiger partial charge >= 0.3 is 0 Å². The van der Waals surface area contributed by atoms with Gasteiger partial charge in [0.15, 0.2) is 0 Å². The number of aryl methyl sites for hydroxylation is 1. The third-order valence-corrected chi connectivity index (χ3v) is 3.25. The quantitative estimate of drug-likeness (QED) is 0.525. The predicted octanol–water partition coefficient (Wildman–Crippen LogP) is 3.76. The Morgan fingerprint density at radius 3 is 2.77 bits per heavy atom. The van der Waals surface area contributed by atoms with Crippen LogP contribution in [0.3, 0.4) is 0 Å². The molecule has 1 unspecified atom stereocenters. The number of fused-ring (bicyclic) bond motifs is 1. The van der Waals surface area contributed by atoms with E-state index < -0.39 is 0 Å². The molecule has 0 saturated heterocycles. The Morgan fingerprint density at radius 2 is 1.92 bits per heavy atom. The van der Waals surface area contributed by atoms with E-state index in [0.717, 1.165) is 11.8 Å². The van der Waals surface area contributed by atoms with Crippen molar-refractivity contribution in [2.75, 3.05) is 0 Å². The number of hydrogen-bond donors (Lipinski definition) is 0. The lowest BCUT2D eigenvalue weighted by molar-refractivity contribution is 0.473. The van der Waals surface area contributed by atoms with Crippen LogP contribution in [-0.2, 0) is 6.42 Å². The van der Waals surface area contributed by atoms with Gasteiger partial charge in [0.05, 0.1) is 0 Å². The summed E-state index contributed by atoms with van der Waals surface area (Å²) < 4.78 is 0. The topological polar surface area (TPSA) is 0 Å². The lowest BCUT2D eigenvalue weighted by Gasteiger charge is -2.13. The maximum absolute atomic E-state index is 2.38. The van der Waals surface area contributed by atoms with E-state index >= 15 is 0 Å². The SMILES string of the molecule is CC1CCc2ccccc2[C@@H](C)C1. The Morgan fingerprint density at radius 1 is 1.15 bits per heavy atom. The largest absolute Gasteiger partial charge is 0.0625 e. The van der Waals surface area contributed by atoms with Crippen molar-refractivity contribution in [2.45, 2.75) is 39.0 Å². The van der Waals surface area contributed by atoms with Crippen LogP contribution >= 0.6 is 0 Å². The van der Waals surface area contributed by atoms with Crippen LogP contribution in [0, 0.1) is 5.92 Å². The van der Waals surface area contributed by atoms with E-state index in [-0.39, 0.29) is 0 Å². The Kier molecular flexibility index (Phi) is 2.39. The first-order valence-corrected chi connectivity index (χ1v) is 5.35. The Bertz CT molecular complexity index is 288. The van der Waals surface area contributed by atoms with Crippen LogP contribution in [0.2, 0.25) is 0 Å². The summed E-state index contributed by atoms with van der Waals surface area (Å²) in [7, 11) is 0. The van der Waals surface area contributed by atoms with Gasteiger partial charge in [0, 0.05) is 0 Å². The van der Waals surface area contributed by atoms with Gasteiger partial charge in [0.1, 0.15) is 0 Å². The second-order valence-corrected chi connectivity index (χ2v) is 4.48. The van der Waals surface area contributed by atoms with Gasteiger partial charge in [-0.1, -0.05) is 38.1 Å². The van der Waals surface area contributed by atoms with E-state index in [1.54, 1.807) is 11.1 Å². The minimum Gasteiger partial charge on any atom is -0.0625 e. The van der Waals surface area contributed by atoms with Crippen LogP contribution in [-0.4, -0.2) is 0 Å². The summed E-state index contributed by atoms with van der Waals surface area (Å²) in [5.41, 5.74) is 3.17. The summed E-state index contributed by atoms with van der Waals surface area (Å²) in [6, 6.07) is 8.94. The van der Waals surface area contributed by atoms with Crippen molar-refractivity contribution in [3.8, 4) is 0 Å². The standard InChI is InChI=1S/C13H18/c1-10-7-8-12-5-3-4-6-13(12)11(2)9-10/h3-6,10-11H,7-9H2,1-2H3/t10?,11-/m0/s1. The van der Waals surface area contributed by atoms with Gasteiger partial charge in [0.2, 0.25) is 0 Å². The lowest BCUT2D eigenvalue weighted by Crippen LogP contribution is -1.98. The Hall–Kier alpha value is -0.780. The second kappa shape index (κ2) is 3.53. The van der Waals surface area contributed by atoms with Gasteiger partial charge in [-0.15, -0.1) is 0 Å². The fourth-order valence-corrected chi connectivity index (χ4v) is 2.49. The first kappa shape index (κ1) is 8.80. The average Bonchev–Trinajstić information content (AvgIpc) is 2.27. The van der Waals surface area contributed by atoms with Crippen LogP contribution in [0.1, 0.15) is 43.7 Å².